The van der Waals surface area contributed by atoms with Gasteiger partial charge >= 0.3 is 0 Å². The van der Waals surface area contributed by atoms with Crippen LogP contribution in [0, 0.1) is 5.92 Å². The summed E-state index contributed by atoms with van der Waals surface area (Å²) < 4.78 is 0. The zero-order valence-electron chi connectivity index (χ0n) is 14.6. The van der Waals surface area contributed by atoms with Crippen molar-refractivity contribution in [3.63, 3.8) is 0 Å². The monoisotopic (exact) mass is 314 g/mol. The number of nitrogens with one attached hydrogen (secondary N) is 1. The maximum atomic E-state index is 12.5. The Morgan fingerprint density at radius 1 is 1.22 bits per heavy atom. The summed E-state index contributed by atoms with van der Waals surface area (Å²) in [6.45, 7) is 7.56. The molecule has 0 aromatic heterocycles. The van der Waals surface area contributed by atoms with Gasteiger partial charge < -0.3 is 5.32 Å². The molecule has 1 unspecified atom stereocenters. The van der Waals surface area contributed by atoms with Gasteiger partial charge in [-0.3, -0.25) is 9.69 Å². The van der Waals surface area contributed by atoms with E-state index in [2.05, 4.69) is 48.3 Å². The lowest BCUT2D eigenvalue weighted by Crippen LogP contribution is -2.50. The summed E-state index contributed by atoms with van der Waals surface area (Å²) in [6, 6.07) is 10.6. The van der Waals surface area contributed by atoms with Gasteiger partial charge in [-0.15, -0.1) is 0 Å². The molecule has 2 aliphatic rings. The molecule has 1 atom stereocenters. The van der Waals surface area contributed by atoms with Gasteiger partial charge in [-0.1, -0.05) is 30.3 Å². The lowest BCUT2D eigenvalue weighted by Gasteiger charge is -2.35. The number of hydrogen-bond acceptors (Lipinski definition) is 2. The molecule has 0 radical (unpaired) electrons. The highest BCUT2D eigenvalue weighted by atomic mass is 16.1. The van der Waals surface area contributed by atoms with Gasteiger partial charge in [-0.25, -0.2) is 0 Å². The third-order valence-corrected chi connectivity index (χ3v) is 5.50. The first-order valence-corrected chi connectivity index (χ1v) is 9.13. The van der Waals surface area contributed by atoms with Gasteiger partial charge in [0.2, 0.25) is 5.91 Å². The predicted octanol–water partition coefficient (Wildman–Crippen LogP) is 3.56. The van der Waals surface area contributed by atoms with E-state index in [1.807, 2.05) is 6.07 Å². The second-order valence-electron chi connectivity index (χ2n) is 7.84. The van der Waals surface area contributed by atoms with Gasteiger partial charge in [0, 0.05) is 18.5 Å². The zero-order valence-corrected chi connectivity index (χ0v) is 14.6. The summed E-state index contributed by atoms with van der Waals surface area (Å²) in [5.41, 5.74) is 1.39. The molecule has 1 aromatic carbocycles. The summed E-state index contributed by atoms with van der Waals surface area (Å²) in [4.78, 5) is 15.0. The minimum Gasteiger partial charge on any atom is -0.354 e. The smallest absolute Gasteiger partial charge is 0.220 e. The number of carbonyl (C=O) groups is 1. The van der Waals surface area contributed by atoms with Gasteiger partial charge in [-0.2, -0.15) is 0 Å². The van der Waals surface area contributed by atoms with E-state index in [0.717, 1.165) is 19.6 Å². The Hall–Kier alpha value is -1.35. The van der Waals surface area contributed by atoms with Crippen molar-refractivity contribution in [2.45, 2.75) is 57.4 Å². The second-order valence-corrected chi connectivity index (χ2v) is 7.84. The molecule has 1 amide bonds. The van der Waals surface area contributed by atoms with Crippen molar-refractivity contribution < 1.29 is 4.79 Å². The number of benzene rings is 1. The van der Waals surface area contributed by atoms with Crippen LogP contribution in [0.2, 0.25) is 0 Å². The maximum absolute atomic E-state index is 12.5. The van der Waals surface area contributed by atoms with Crippen molar-refractivity contribution in [1.82, 2.24) is 10.2 Å². The maximum Gasteiger partial charge on any atom is 0.220 e. The highest BCUT2D eigenvalue weighted by molar-refractivity contribution is 5.77. The van der Waals surface area contributed by atoms with E-state index in [1.54, 1.807) is 0 Å². The van der Waals surface area contributed by atoms with Gasteiger partial charge in [0.1, 0.15) is 0 Å². The van der Waals surface area contributed by atoms with Gasteiger partial charge in [0.05, 0.1) is 0 Å². The molecule has 2 fully saturated rings. The SMILES string of the molecule is CC(C)(CNC(=O)CC(c1ccccc1)C1CC1)N1CCCC1. The molecule has 1 aliphatic heterocycles. The standard InChI is InChI=1S/C20H30N2O/c1-20(2,22-12-6-7-13-22)15-21-19(23)14-18(17-10-11-17)16-8-4-3-5-9-16/h3-5,8-9,17-18H,6-7,10-15H2,1-2H3,(H,21,23). The number of rotatable bonds is 7. The van der Waals surface area contributed by atoms with Crippen LogP contribution in [0.1, 0.15) is 57.4 Å². The molecule has 3 heteroatoms. The van der Waals surface area contributed by atoms with Crippen LogP contribution in [-0.2, 0) is 4.79 Å². The summed E-state index contributed by atoms with van der Waals surface area (Å²) in [7, 11) is 0. The quantitative estimate of drug-likeness (QED) is 0.834. The topological polar surface area (TPSA) is 32.3 Å². The zero-order chi connectivity index (χ0) is 16.3. The van der Waals surface area contributed by atoms with Crippen LogP contribution in [0.4, 0.5) is 0 Å². The summed E-state index contributed by atoms with van der Waals surface area (Å²) in [5, 5.41) is 3.20. The van der Waals surface area contributed by atoms with Gasteiger partial charge in [0.15, 0.2) is 0 Å². The predicted molar refractivity (Wildman–Crippen MR) is 94.4 cm³/mol. The fourth-order valence-corrected chi connectivity index (χ4v) is 3.78. The van der Waals surface area contributed by atoms with Crippen LogP contribution in [0.15, 0.2) is 30.3 Å². The molecule has 126 valence electrons. The Labute approximate surface area is 140 Å². The molecule has 1 N–H and O–H groups in total. The minimum absolute atomic E-state index is 0.0635. The van der Waals surface area contributed by atoms with Crippen LogP contribution in [0.5, 0.6) is 0 Å². The van der Waals surface area contributed by atoms with Crippen LogP contribution in [-0.4, -0.2) is 36.0 Å². The molecule has 23 heavy (non-hydrogen) atoms. The molecule has 3 nitrogen and oxygen atoms in total. The number of carbonyl (C=O) groups excluding carboxylic acids is 1. The van der Waals surface area contributed by atoms with Crippen molar-refractivity contribution in [2.75, 3.05) is 19.6 Å². The number of nitrogens with zero attached hydrogens (tertiary/aromatic N) is 1. The first-order chi connectivity index (χ1) is 11.1. The average molecular weight is 314 g/mol. The number of amides is 1. The third-order valence-electron chi connectivity index (χ3n) is 5.50. The molecule has 1 saturated heterocycles. The number of likely N-dealkylation sites (tertiary alicyclic amines) is 1. The molecule has 0 bridgehead atoms. The second kappa shape index (κ2) is 7.04. The first-order valence-electron chi connectivity index (χ1n) is 9.13. The number of hydrogen-bond donors (Lipinski definition) is 1. The third kappa shape index (κ3) is 4.35. The highest BCUT2D eigenvalue weighted by Crippen LogP contribution is 2.44. The minimum atomic E-state index is 0.0635. The first kappa shape index (κ1) is 16.5. The van der Waals surface area contributed by atoms with E-state index < -0.39 is 0 Å². The van der Waals surface area contributed by atoms with Crippen LogP contribution >= 0.6 is 0 Å². The van der Waals surface area contributed by atoms with E-state index in [4.69, 9.17) is 0 Å². The van der Waals surface area contributed by atoms with Crippen molar-refractivity contribution in [2.24, 2.45) is 5.92 Å². The van der Waals surface area contributed by atoms with Crippen molar-refractivity contribution in [3.8, 4) is 0 Å². The molecule has 1 aromatic rings. The lowest BCUT2D eigenvalue weighted by atomic mass is 9.90. The van der Waals surface area contributed by atoms with Gasteiger partial charge in [0.25, 0.3) is 0 Å². The molecule has 1 saturated carbocycles. The molecule has 0 spiro atoms. The molecule has 3 rings (SSSR count). The Morgan fingerprint density at radius 3 is 2.48 bits per heavy atom. The van der Waals surface area contributed by atoms with E-state index >= 15 is 0 Å². The van der Waals surface area contributed by atoms with E-state index in [-0.39, 0.29) is 11.4 Å². The fraction of sp³-hybridized carbons (Fsp3) is 0.650. The lowest BCUT2D eigenvalue weighted by molar-refractivity contribution is -0.122. The Bertz CT molecular complexity index is 516. The van der Waals surface area contributed by atoms with E-state index in [9.17, 15) is 4.79 Å². The van der Waals surface area contributed by atoms with Gasteiger partial charge in [-0.05, 0) is 70.0 Å². The van der Waals surface area contributed by atoms with E-state index in [1.165, 1.54) is 31.2 Å². The average Bonchev–Trinajstić information content (AvgIpc) is 3.23. The van der Waals surface area contributed by atoms with Crippen molar-refractivity contribution >= 4 is 5.91 Å². The Kier molecular flexibility index (Phi) is 5.05. The molecular formula is C20H30N2O. The molecule has 1 heterocycles. The summed E-state index contributed by atoms with van der Waals surface area (Å²) in [6.07, 6.45) is 5.74. The largest absolute Gasteiger partial charge is 0.354 e. The highest BCUT2D eigenvalue weighted by Gasteiger charge is 2.34. The summed E-state index contributed by atoms with van der Waals surface area (Å²) in [5.74, 6) is 1.30. The fourth-order valence-electron chi connectivity index (χ4n) is 3.78. The van der Waals surface area contributed by atoms with Crippen LogP contribution in [0.25, 0.3) is 0 Å². The van der Waals surface area contributed by atoms with Crippen molar-refractivity contribution in [3.05, 3.63) is 35.9 Å². The van der Waals surface area contributed by atoms with Crippen molar-refractivity contribution in [1.29, 1.82) is 0 Å². The Morgan fingerprint density at radius 2 is 1.87 bits per heavy atom. The normalized spacial score (nSPS) is 20.4. The summed E-state index contributed by atoms with van der Waals surface area (Å²) >= 11 is 0. The van der Waals surface area contributed by atoms with Crippen LogP contribution < -0.4 is 5.32 Å². The molecule has 1 aliphatic carbocycles. The Balaban J connectivity index is 1.53. The van der Waals surface area contributed by atoms with Crippen LogP contribution in [0.3, 0.4) is 0 Å². The molecular weight excluding hydrogens is 284 g/mol. The van der Waals surface area contributed by atoms with E-state index in [0.29, 0.717) is 18.3 Å².